The maximum atomic E-state index is 12.8. The van der Waals surface area contributed by atoms with Crippen LogP contribution in [0.15, 0.2) is 54.6 Å². The number of ketones is 1. The molecule has 2 aromatic heterocycles. The molecule has 0 radical (unpaired) electrons. The van der Waals surface area contributed by atoms with Gasteiger partial charge in [-0.25, -0.2) is 14.6 Å². The van der Waals surface area contributed by atoms with E-state index in [0.717, 1.165) is 36.8 Å². The van der Waals surface area contributed by atoms with Crippen LogP contribution < -0.4 is 5.32 Å². The van der Waals surface area contributed by atoms with Crippen LogP contribution in [0.3, 0.4) is 0 Å². The number of benzene rings is 2. The van der Waals surface area contributed by atoms with E-state index in [4.69, 9.17) is 9.72 Å². The average Bonchev–Trinajstić information content (AvgIpc) is 3.45. The molecule has 3 amide bonds. The second-order valence-corrected chi connectivity index (χ2v) is 10.9. The molecule has 4 aromatic rings. The van der Waals surface area contributed by atoms with E-state index in [0.29, 0.717) is 24.5 Å². The monoisotopic (exact) mass is 518 g/mol. The number of thiazole rings is 1. The SMILES string of the molecule is O=C1CN(C(=O)Nc2sc3c(c2-c2nc4ccccc4s2)CCN(C(=O)OCc2ccccc2)C3)C1. The van der Waals surface area contributed by atoms with E-state index in [1.54, 1.807) is 16.2 Å². The summed E-state index contributed by atoms with van der Waals surface area (Å²) in [6.45, 7) is 1.41. The lowest BCUT2D eigenvalue weighted by Gasteiger charge is -2.29. The average molecular weight is 519 g/mol. The Morgan fingerprint density at radius 2 is 1.75 bits per heavy atom. The van der Waals surface area contributed by atoms with Crippen LogP contribution >= 0.6 is 22.7 Å². The molecule has 0 saturated carbocycles. The summed E-state index contributed by atoms with van der Waals surface area (Å²) in [6.07, 6.45) is 0.277. The molecule has 4 heterocycles. The number of aromatic nitrogens is 1. The fraction of sp³-hybridized carbons (Fsp3) is 0.231. The Morgan fingerprint density at radius 3 is 2.53 bits per heavy atom. The molecule has 8 nitrogen and oxygen atoms in total. The summed E-state index contributed by atoms with van der Waals surface area (Å²) in [6, 6.07) is 17.2. The highest BCUT2D eigenvalue weighted by Gasteiger charge is 2.33. The number of nitrogens with one attached hydrogen (secondary N) is 1. The van der Waals surface area contributed by atoms with Crippen LogP contribution in [0.1, 0.15) is 16.0 Å². The molecule has 0 aliphatic carbocycles. The minimum Gasteiger partial charge on any atom is -0.445 e. The third-order valence-corrected chi connectivity index (χ3v) is 8.46. The molecule has 2 aromatic carbocycles. The Kier molecular flexibility index (Phi) is 5.90. The van der Waals surface area contributed by atoms with Gasteiger partial charge in [-0.05, 0) is 29.7 Å². The number of hydrogen-bond acceptors (Lipinski definition) is 7. The number of fused-ring (bicyclic) bond motifs is 2. The number of para-hydroxylation sites is 1. The van der Waals surface area contributed by atoms with E-state index < -0.39 is 0 Å². The number of hydrogen-bond donors (Lipinski definition) is 1. The van der Waals surface area contributed by atoms with Crippen LogP contribution in [-0.2, 0) is 29.1 Å². The maximum absolute atomic E-state index is 12.8. The van der Waals surface area contributed by atoms with Gasteiger partial charge < -0.3 is 14.5 Å². The Hall–Kier alpha value is -3.76. The van der Waals surface area contributed by atoms with Crippen molar-refractivity contribution in [2.24, 2.45) is 0 Å². The lowest BCUT2D eigenvalue weighted by Crippen LogP contribution is -2.52. The lowest BCUT2D eigenvalue weighted by molar-refractivity contribution is -0.126. The van der Waals surface area contributed by atoms with E-state index in [1.165, 1.54) is 16.2 Å². The number of amides is 3. The molecule has 36 heavy (non-hydrogen) atoms. The minimum absolute atomic E-state index is 0.0478. The molecule has 1 saturated heterocycles. The first-order valence-electron chi connectivity index (χ1n) is 11.6. The number of ether oxygens (including phenoxy) is 1. The zero-order chi connectivity index (χ0) is 24.6. The number of carbonyl (C=O) groups excluding carboxylic acids is 3. The molecule has 6 rings (SSSR count). The fourth-order valence-corrected chi connectivity index (χ4v) is 6.73. The van der Waals surface area contributed by atoms with E-state index in [2.05, 4.69) is 5.32 Å². The summed E-state index contributed by atoms with van der Waals surface area (Å²) in [5.74, 6) is 0.0478. The van der Waals surface area contributed by atoms with Crippen molar-refractivity contribution in [1.82, 2.24) is 14.8 Å². The van der Waals surface area contributed by atoms with E-state index in [-0.39, 0.29) is 37.6 Å². The van der Waals surface area contributed by atoms with Crippen LogP contribution in [-0.4, -0.2) is 52.3 Å². The first-order valence-corrected chi connectivity index (χ1v) is 13.2. The van der Waals surface area contributed by atoms with Crippen LogP contribution in [0.2, 0.25) is 0 Å². The minimum atomic E-state index is -0.357. The third-order valence-electron chi connectivity index (χ3n) is 6.27. The molecule has 1 fully saturated rings. The van der Waals surface area contributed by atoms with Gasteiger partial charge in [-0.15, -0.1) is 22.7 Å². The summed E-state index contributed by atoms with van der Waals surface area (Å²) in [5.41, 5.74) is 3.85. The van der Waals surface area contributed by atoms with Gasteiger partial charge in [-0.1, -0.05) is 42.5 Å². The molecule has 2 aliphatic heterocycles. The standard InChI is InChI=1S/C26H22N4O4S2/c31-17-12-30(13-17)25(32)28-24-22(23-27-19-8-4-5-9-20(19)35-23)18-10-11-29(14-21(18)36-24)26(33)34-15-16-6-2-1-3-7-16/h1-9H,10-15H2,(H,28,32). The quantitative estimate of drug-likeness (QED) is 0.404. The number of Topliss-reactive ketones (excluding diaryl/α,β-unsaturated/α-hetero) is 1. The van der Waals surface area contributed by atoms with Crippen molar-refractivity contribution in [2.45, 2.75) is 19.6 Å². The van der Waals surface area contributed by atoms with E-state index in [1.807, 2.05) is 54.6 Å². The van der Waals surface area contributed by atoms with Crippen molar-refractivity contribution in [3.8, 4) is 10.6 Å². The molecule has 1 N–H and O–H groups in total. The van der Waals surface area contributed by atoms with Gasteiger partial charge in [0.1, 0.15) is 16.6 Å². The van der Waals surface area contributed by atoms with Crippen molar-refractivity contribution in [3.05, 3.63) is 70.6 Å². The van der Waals surface area contributed by atoms with E-state index >= 15 is 0 Å². The van der Waals surface area contributed by atoms with Gasteiger partial charge in [0, 0.05) is 17.0 Å². The lowest BCUT2D eigenvalue weighted by atomic mass is 10.0. The molecule has 182 valence electrons. The first kappa shape index (κ1) is 22.7. The number of urea groups is 1. The van der Waals surface area contributed by atoms with Crippen molar-refractivity contribution in [3.63, 3.8) is 0 Å². The topological polar surface area (TPSA) is 91.8 Å². The number of carbonyl (C=O) groups is 3. The number of nitrogens with zero attached hydrogens (tertiary/aromatic N) is 3. The van der Waals surface area contributed by atoms with Crippen molar-refractivity contribution >= 4 is 55.8 Å². The predicted octanol–water partition coefficient (Wildman–Crippen LogP) is 5.14. The third kappa shape index (κ3) is 4.33. The second-order valence-electron chi connectivity index (χ2n) is 8.73. The summed E-state index contributed by atoms with van der Waals surface area (Å²) in [7, 11) is 0. The van der Waals surface area contributed by atoms with Gasteiger partial charge >= 0.3 is 12.1 Å². The highest BCUT2D eigenvalue weighted by molar-refractivity contribution is 7.22. The van der Waals surface area contributed by atoms with Crippen molar-refractivity contribution < 1.29 is 19.1 Å². The van der Waals surface area contributed by atoms with Gasteiger partial charge in [0.15, 0.2) is 5.78 Å². The summed E-state index contributed by atoms with van der Waals surface area (Å²) in [4.78, 5) is 46.0. The highest BCUT2D eigenvalue weighted by Crippen LogP contribution is 2.46. The van der Waals surface area contributed by atoms with Crippen LogP contribution in [0.4, 0.5) is 14.6 Å². The van der Waals surface area contributed by atoms with Gasteiger partial charge in [0.25, 0.3) is 0 Å². The Labute approximate surface area is 215 Å². The van der Waals surface area contributed by atoms with Crippen molar-refractivity contribution in [1.29, 1.82) is 0 Å². The van der Waals surface area contributed by atoms with Gasteiger partial charge in [0.2, 0.25) is 0 Å². The van der Waals surface area contributed by atoms with Gasteiger partial charge in [0.05, 0.1) is 29.9 Å². The second kappa shape index (κ2) is 9.36. The highest BCUT2D eigenvalue weighted by atomic mass is 32.1. The zero-order valence-corrected chi connectivity index (χ0v) is 20.9. The molecular weight excluding hydrogens is 496 g/mol. The number of anilines is 1. The normalized spacial score (nSPS) is 14.9. The fourth-order valence-electron chi connectivity index (χ4n) is 4.36. The summed E-state index contributed by atoms with van der Waals surface area (Å²) in [5, 5.41) is 4.54. The Morgan fingerprint density at radius 1 is 0.972 bits per heavy atom. The van der Waals surface area contributed by atoms with Crippen LogP contribution in [0.25, 0.3) is 20.8 Å². The molecule has 2 aliphatic rings. The zero-order valence-electron chi connectivity index (χ0n) is 19.2. The molecule has 0 spiro atoms. The maximum Gasteiger partial charge on any atom is 0.410 e. The number of rotatable bonds is 4. The van der Waals surface area contributed by atoms with Gasteiger partial charge in [-0.3, -0.25) is 10.1 Å². The van der Waals surface area contributed by atoms with Gasteiger partial charge in [-0.2, -0.15) is 0 Å². The smallest absolute Gasteiger partial charge is 0.410 e. The van der Waals surface area contributed by atoms with E-state index in [9.17, 15) is 14.4 Å². The summed E-state index contributed by atoms with van der Waals surface area (Å²) >= 11 is 3.04. The number of thiophene rings is 1. The summed E-state index contributed by atoms with van der Waals surface area (Å²) < 4.78 is 6.61. The van der Waals surface area contributed by atoms with Crippen LogP contribution in [0, 0.1) is 0 Å². The number of likely N-dealkylation sites (tertiary alicyclic amines) is 1. The predicted molar refractivity (Wildman–Crippen MR) is 139 cm³/mol. The van der Waals surface area contributed by atoms with Crippen LogP contribution in [0.5, 0.6) is 0 Å². The largest absolute Gasteiger partial charge is 0.445 e. The van der Waals surface area contributed by atoms with Crippen molar-refractivity contribution in [2.75, 3.05) is 25.0 Å². The molecule has 0 bridgehead atoms. The first-order chi connectivity index (χ1) is 17.5. The molecule has 10 heteroatoms. The Balaban J connectivity index is 1.27. The Bertz CT molecular complexity index is 1440. The molecule has 0 unspecified atom stereocenters. The molecule has 0 atom stereocenters. The molecular formula is C26H22N4O4S2.